The average Bonchev–Trinajstić information content (AvgIpc) is 3.17. The normalized spacial score (nSPS) is 18.5. The number of hydrogen-bond donors (Lipinski definition) is 1. The Labute approximate surface area is 177 Å². The highest BCUT2D eigenvalue weighted by atomic mass is 19.1. The van der Waals surface area contributed by atoms with Crippen LogP contribution in [-0.2, 0) is 16.0 Å². The molecule has 4 nitrogen and oxygen atoms in total. The van der Waals surface area contributed by atoms with Gasteiger partial charge < -0.3 is 10.2 Å². The number of hydrogen-bond acceptors (Lipinski definition) is 2. The SMILES string of the molecule is C=CCNC(=O)[C@@]1(Cc2ccccc2-c2ccccc2F)CCN(C(=O)C(C)C)C1. The van der Waals surface area contributed by atoms with Crippen molar-refractivity contribution in [2.75, 3.05) is 19.6 Å². The predicted molar refractivity (Wildman–Crippen MR) is 117 cm³/mol. The van der Waals surface area contributed by atoms with Gasteiger partial charge in [0.1, 0.15) is 5.82 Å². The van der Waals surface area contributed by atoms with Crippen LogP contribution in [0.3, 0.4) is 0 Å². The van der Waals surface area contributed by atoms with Gasteiger partial charge in [-0.1, -0.05) is 62.4 Å². The molecule has 1 aliphatic heterocycles. The Balaban J connectivity index is 1.98. The monoisotopic (exact) mass is 408 g/mol. The summed E-state index contributed by atoms with van der Waals surface area (Å²) in [5.41, 5.74) is 1.44. The first kappa shape index (κ1) is 21.8. The van der Waals surface area contributed by atoms with Crippen molar-refractivity contribution in [2.24, 2.45) is 11.3 Å². The van der Waals surface area contributed by atoms with E-state index in [2.05, 4.69) is 11.9 Å². The smallest absolute Gasteiger partial charge is 0.228 e. The predicted octanol–water partition coefficient (Wildman–Crippen LogP) is 4.21. The largest absolute Gasteiger partial charge is 0.352 e. The van der Waals surface area contributed by atoms with Gasteiger partial charge in [-0.15, -0.1) is 6.58 Å². The van der Waals surface area contributed by atoms with Gasteiger partial charge in [0, 0.05) is 31.1 Å². The van der Waals surface area contributed by atoms with Crippen molar-refractivity contribution in [3.05, 3.63) is 72.6 Å². The Morgan fingerprint density at radius 3 is 2.50 bits per heavy atom. The fourth-order valence-corrected chi connectivity index (χ4v) is 4.17. The molecule has 158 valence electrons. The third kappa shape index (κ3) is 4.45. The summed E-state index contributed by atoms with van der Waals surface area (Å²) in [6, 6.07) is 14.3. The van der Waals surface area contributed by atoms with Crippen molar-refractivity contribution in [2.45, 2.75) is 26.7 Å². The molecule has 1 N–H and O–H groups in total. The summed E-state index contributed by atoms with van der Waals surface area (Å²) in [7, 11) is 0. The minimum atomic E-state index is -0.755. The summed E-state index contributed by atoms with van der Waals surface area (Å²) in [6.45, 7) is 8.68. The van der Waals surface area contributed by atoms with E-state index in [9.17, 15) is 14.0 Å². The van der Waals surface area contributed by atoms with Crippen molar-refractivity contribution in [3.63, 3.8) is 0 Å². The fourth-order valence-electron chi connectivity index (χ4n) is 4.17. The fraction of sp³-hybridized carbons (Fsp3) is 0.360. The van der Waals surface area contributed by atoms with Crippen LogP contribution in [0.15, 0.2) is 61.2 Å². The zero-order valence-electron chi connectivity index (χ0n) is 17.7. The molecule has 30 heavy (non-hydrogen) atoms. The van der Waals surface area contributed by atoms with E-state index in [1.165, 1.54) is 6.07 Å². The summed E-state index contributed by atoms with van der Waals surface area (Å²) in [6.07, 6.45) is 2.65. The lowest BCUT2D eigenvalue weighted by atomic mass is 9.78. The summed E-state index contributed by atoms with van der Waals surface area (Å²) >= 11 is 0. The first-order valence-electron chi connectivity index (χ1n) is 10.4. The van der Waals surface area contributed by atoms with Gasteiger partial charge >= 0.3 is 0 Å². The lowest BCUT2D eigenvalue weighted by Crippen LogP contribution is -2.45. The molecule has 1 aliphatic rings. The molecule has 3 rings (SSSR count). The lowest BCUT2D eigenvalue weighted by Gasteiger charge is -2.29. The molecular formula is C25H29FN2O2. The highest BCUT2D eigenvalue weighted by molar-refractivity contribution is 5.86. The molecule has 5 heteroatoms. The minimum absolute atomic E-state index is 0.0517. The van der Waals surface area contributed by atoms with Crippen molar-refractivity contribution in [1.29, 1.82) is 0 Å². The van der Waals surface area contributed by atoms with Gasteiger partial charge in [-0.25, -0.2) is 4.39 Å². The number of nitrogens with one attached hydrogen (secondary N) is 1. The van der Waals surface area contributed by atoms with E-state index in [0.717, 1.165) is 11.1 Å². The van der Waals surface area contributed by atoms with Gasteiger partial charge in [-0.2, -0.15) is 0 Å². The third-order valence-corrected chi connectivity index (χ3v) is 5.76. The molecule has 1 fully saturated rings. The Morgan fingerprint density at radius 2 is 1.83 bits per heavy atom. The second kappa shape index (κ2) is 9.24. The van der Waals surface area contributed by atoms with Crippen LogP contribution in [0, 0.1) is 17.2 Å². The maximum atomic E-state index is 14.5. The van der Waals surface area contributed by atoms with Crippen LogP contribution in [0.2, 0.25) is 0 Å². The van der Waals surface area contributed by atoms with E-state index in [1.54, 1.807) is 29.2 Å². The van der Waals surface area contributed by atoms with Crippen LogP contribution in [0.4, 0.5) is 4.39 Å². The molecule has 1 atom stereocenters. The first-order valence-corrected chi connectivity index (χ1v) is 10.4. The Hall–Kier alpha value is -2.95. The van der Waals surface area contributed by atoms with Crippen molar-refractivity contribution < 1.29 is 14.0 Å². The molecular weight excluding hydrogens is 379 g/mol. The quantitative estimate of drug-likeness (QED) is 0.698. The summed E-state index contributed by atoms with van der Waals surface area (Å²) in [5, 5.41) is 2.93. The number of amides is 2. The number of rotatable bonds is 7. The van der Waals surface area contributed by atoms with Gasteiger partial charge in [0.25, 0.3) is 0 Å². The number of benzene rings is 2. The summed E-state index contributed by atoms with van der Waals surface area (Å²) in [5.74, 6) is -0.457. The Kier molecular flexibility index (Phi) is 6.70. The van der Waals surface area contributed by atoms with Crippen LogP contribution in [-0.4, -0.2) is 36.3 Å². The van der Waals surface area contributed by atoms with Crippen molar-refractivity contribution >= 4 is 11.8 Å². The molecule has 0 radical (unpaired) electrons. The molecule has 1 heterocycles. The molecule has 0 saturated carbocycles. The molecule has 2 aromatic carbocycles. The van der Waals surface area contributed by atoms with E-state index in [0.29, 0.717) is 38.0 Å². The number of carbonyl (C=O) groups excluding carboxylic acids is 2. The molecule has 0 bridgehead atoms. The molecule has 0 aliphatic carbocycles. The molecule has 0 spiro atoms. The van der Waals surface area contributed by atoms with Gasteiger partial charge in [0.2, 0.25) is 11.8 Å². The van der Waals surface area contributed by atoms with Gasteiger partial charge in [0.05, 0.1) is 5.41 Å². The lowest BCUT2D eigenvalue weighted by molar-refractivity contribution is -0.135. The topological polar surface area (TPSA) is 49.4 Å². The van der Waals surface area contributed by atoms with Crippen LogP contribution < -0.4 is 5.32 Å². The van der Waals surface area contributed by atoms with E-state index < -0.39 is 5.41 Å². The second-order valence-corrected chi connectivity index (χ2v) is 8.26. The Bertz CT molecular complexity index is 940. The third-order valence-electron chi connectivity index (χ3n) is 5.76. The minimum Gasteiger partial charge on any atom is -0.352 e. The molecule has 2 aromatic rings. The standard InChI is InChI=1S/C25H29FN2O2/c1-4-14-27-24(30)25(13-15-28(17-25)23(29)18(2)3)16-19-9-5-6-10-20(19)21-11-7-8-12-22(21)26/h4-12,18H,1,13-17H2,2-3H3,(H,27,30)/t25-/m1/s1. The Morgan fingerprint density at radius 1 is 1.17 bits per heavy atom. The number of halogens is 1. The van der Waals surface area contributed by atoms with Crippen LogP contribution >= 0.6 is 0 Å². The molecule has 0 unspecified atom stereocenters. The maximum absolute atomic E-state index is 14.5. The summed E-state index contributed by atoms with van der Waals surface area (Å²) in [4.78, 5) is 27.6. The molecule has 2 amide bonds. The van der Waals surface area contributed by atoms with Crippen LogP contribution in [0.25, 0.3) is 11.1 Å². The van der Waals surface area contributed by atoms with Gasteiger partial charge in [-0.05, 0) is 30.0 Å². The first-order chi connectivity index (χ1) is 14.4. The zero-order valence-corrected chi connectivity index (χ0v) is 17.7. The number of likely N-dealkylation sites (tertiary alicyclic amines) is 1. The molecule has 0 aromatic heterocycles. The molecule has 1 saturated heterocycles. The van der Waals surface area contributed by atoms with E-state index in [-0.39, 0.29) is 23.5 Å². The number of carbonyl (C=O) groups is 2. The van der Waals surface area contributed by atoms with Gasteiger partial charge in [0.15, 0.2) is 0 Å². The second-order valence-electron chi connectivity index (χ2n) is 8.26. The summed E-state index contributed by atoms with van der Waals surface area (Å²) < 4.78 is 14.5. The average molecular weight is 409 g/mol. The van der Waals surface area contributed by atoms with Crippen molar-refractivity contribution in [3.8, 4) is 11.1 Å². The zero-order chi connectivity index (χ0) is 21.7. The van der Waals surface area contributed by atoms with Gasteiger partial charge in [-0.3, -0.25) is 9.59 Å². The number of nitrogens with zero attached hydrogens (tertiary/aromatic N) is 1. The highest BCUT2D eigenvalue weighted by Gasteiger charge is 2.46. The van der Waals surface area contributed by atoms with Crippen molar-refractivity contribution in [1.82, 2.24) is 10.2 Å². The highest BCUT2D eigenvalue weighted by Crippen LogP contribution is 2.38. The van der Waals surface area contributed by atoms with E-state index >= 15 is 0 Å². The van der Waals surface area contributed by atoms with E-state index in [1.807, 2.05) is 38.1 Å². The van der Waals surface area contributed by atoms with Crippen LogP contribution in [0.1, 0.15) is 25.8 Å². The van der Waals surface area contributed by atoms with Crippen LogP contribution in [0.5, 0.6) is 0 Å². The van der Waals surface area contributed by atoms with E-state index in [4.69, 9.17) is 0 Å². The maximum Gasteiger partial charge on any atom is 0.228 e.